The van der Waals surface area contributed by atoms with Gasteiger partial charge in [-0.2, -0.15) is 0 Å². The number of carbonyl (C=O) groups excluding carboxylic acids is 1. The van der Waals surface area contributed by atoms with Gasteiger partial charge in [-0.15, -0.1) is 5.73 Å². The first-order valence-corrected chi connectivity index (χ1v) is 13.4. The molecule has 6 rings (SSSR count). The number of hydrogen-bond acceptors (Lipinski definition) is 1. The molecule has 2 nitrogen and oxygen atoms in total. The van der Waals surface area contributed by atoms with E-state index >= 15 is 0 Å². The van der Waals surface area contributed by atoms with Gasteiger partial charge in [0.1, 0.15) is 6.29 Å². The average Bonchev–Trinajstić information content (AvgIpc) is 3.67. The van der Waals surface area contributed by atoms with Crippen LogP contribution in [0.15, 0.2) is 126 Å². The van der Waals surface area contributed by atoms with Crippen molar-refractivity contribution in [3.63, 3.8) is 0 Å². The molecule has 4 aromatic carbocycles. The zero-order valence-corrected chi connectivity index (χ0v) is 22.0. The number of halogens is 1. The molecular formula is C34H26BrNO. The van der Waals surface area contributed by atoms with E-state index in [1.54, 1.807) is 0 Å². The Bertz CT molecular complexity index is 1640. The van der Waals surface area contributed by atoms with Gasteiger partial charge in [0.25, 0.3) is 0 Å². The second kappa shape index (κ2) is 9.86. The Labute approximate surface area is 225 Å². The van der Waals surface area contributed by atoms with Gasteiger partial charge >= 0.3 is 0 Å². The van der Waals surface area contributed by atoms with Crippen molar-refractivity contribution in [1.29, 1.82) is 0 Å². The molecule has 0 aliphatic heterocycles. The normalized spacial score (nSPS) is 13.6. The van der Waals surface area contributed by atoms with Gasteiger partial charge in [0.15, 0.2) is 0 Å². The Morgan fingerprint density at radius 1 is 0.811 bits per heavy atom. The van der Waals surface area contributed by atoms with Gasteiger partial charge in [0.05, 0.1) is 5.41 Å². The second-order valence-corrected chi connectivity index (χ2v) is 10.6. The van der Waals surface area contributed by atoms with E-state index in [-0.39, 0.29) is 0 Å². The fourth-order valence-corrected chi connectivity index (χ4v) is 5.31. The van der Waals surface area contributed by atoms with Crippen LogP contribution in [0.2, 0.25) is 0 Å². The predicted molar refractivity (Wildman–Crippen MR) is 155 cm³/mol. The fourth-order valence-electron chi connectivity index (χ4n) is 5.04. The second-order valence-electron chi connectivity index (χ2n) is 9.70. The molecule has 180 valence electrons. The molecule has 5 aromatic rings. The minimum Gasteiger partial charge on any atom is -0.342 e. The number of hydrogen-bond donors (Lipinski definition) is 0. The summed E-state index contributed by atoms with van der Waals surface area (Å²) in [7, 11) is 0. The van der Waals surface area contributed by atoms with Gasteiger partial charge in [-0.05, 0) is 47.7 Å². The third-order valence-electron chi connectivity index (χ3n) is 7.21. The minimum absolute atomic E-state index is 0.468. The Morgan fingerprint density at radius 2 is 1.46 bits per heavy atom. The van der Waals surface area contributed by atoms with Crippen LogP contribution in [0.25, 0.3) is 22.0 Å². The van der Waals surface area contributed by atoms with E-state index in [2.05, 4.69) is 117 Å². The first-order valence-electron chi connectivity index (χ1n) is 12.6. The van der Waals surface area contributed by atoms with E-state index in [0.29, 0.717) is 0 Å². The van der Waals surface area contributed by atoms with Crippen molar-refractivity contribution in [3.05, 3.63) is 148 Å². The highest BCUT2D eigenvalue weighted by atomic mass is 79.9. The molecule has 1 saturated carbocycles. The quantitative estimate of drug-likeness (QED) is 0.149. The van der Waals surface area contributed by atoms with E-state index in [0.717, 1.165) is 58.0 Å². The Hall–Kier alpha value is -3.91. The van der Waals surface area contributed by atoms with Gasteiger partial charge in [-0.3, -0.25) is 0 Å². The molecule has 3 heteroatoms. The average molecular weight is 544 g/mol. The molecule has 37 heavy (non-hydrogen) atoms. The van der Waals surface area contributed by atoms with Crippen LogP contribution in [0.3, 0.4) is 0 Å². The molecule has 0 unspecified atom stereocenters. The van der Waals surface area contributed by atoms with Gasteiger partial charge in [0, 0.05) is 44.8 Å². The number of nitrogens with zero attached hydrogens (tertiary/aromatic N) is 1. The zero-order valence-electron chi connectivity index (χ0n) is 20.4. The highest BCUT2D eigenvalue weighted by Gasteiger charge is 2.47. The molecule has 1 heterocycles. The summed E-state index contributed by atoms with van der Waals surface area (Å²) in [6, 6.07) is 37.7. The number of aromatic nitrogens is 1. The van der Waals surface area contributed by atoms with Crippen molar-refractivity contribution in [1.82, 2.24) is 4.57 Å². The molecule has 0 N–H and O–H groups in total. The number of allylic oxidation sites excluding steroid dienone is 1. The number of fused-ring (bicyclic) bond motifs is 1. The van der Waals surface area contributed by atoms with Gasteiger partial charge < -0.3 is 9.36 Å². The molecule has 1 aromatic heterocycles. The maximum atomic E-state index is 12.3. The largest absolute Gasteiger partial charge is 0.342 e. The van der Waals surface area contributed by atoms with Gasteiger partial charge in [0.2, 0.25) is 0 Å². The van der Waals surface area contributed by atoms with Crippen LogP contribution in [-0.4, -0.2) is 10.9 Å². The standard InChI is InChI=1S/C34H26BrNO/c35-28-17-15-26(16-18-28)30(21-32(34(24-37)19-20-34)27-11-5-2-6-12-27)31-23-36(22-25-9-3-1-4-10-25)33-14-8-7-13-29(31)33/h1-18,23-24H,19-20,22H2. The maximum Gasteiger partial charge on any atom is 0.131 e. The van der Waals surface area contributed by atoms with Crippen LogP contribution in [-0.2, 0) is 11.3 Å². The fraction of sp³-hybridized carbons (Fsp3) is 0.118. The van der Waals surface area contributed by atoms with Gasteiger partial charge in [-0.25, -0.2) is 0 Å². The molecule has 0 saturated heterocycles. The lowest BCUT2D eigenvalue weighted by Gasteiger charge is -2.13. The number of carbonyl (C=O) groups is 1. The summed E-state index contributed by atoms with van der Waals surface area (Å²) in [4.78, 5) is 12.3. The first kappa shape index (κ1) is 23.5. The summed E-state index contributed by atoms with van der Waals surface area (Å²) in [5.41, 5.74) is 11.0. The lowest BCUT2D eigenvalue weighted by atomic mass is 9.88. The summed E-state index contributed by atoms with van der Waals surface area (Å²) in [5, 5.41) is 1.17. The summed E-state index contributed by atoms with van der Waals surface area (Å²) in [6.45, 7) is 0.780. The molecule has 0 amide bonds. The molecule has 1 aliphatic rings. The smallest absolute Gasteiger partial charge is 0.131 e. The third-order valence-corrected chi connectivity index (χ3v) is 7.74. The van der Waals surface area contributed by atoms with Crippen molar-refractivity contribution < 1.29 is 4.79 Å². The molecule has 0 spiro atoms. The summed E-state index contributed by atoms with van der Waals surface area (Å²) < 4.78 is 3.34. The summed E-state index contributed by atoms with van der Waals surface area (Å²) in [6.07, 6.45) is 5.08. The van der Waals surface area contributed by atoms with Crippen molar-refractivity contribution in [2.24, 2.45) is 5.41 Å². The van der Waals surface area contributed by atoms with Gasteiger partial charge in [-0.1, -0.05) is 107 Å². The Kier molecular flexibility index (Phi) is 6.26. The monoisotopic (exact) mass is 543 g/mol. The van der Waals surface area contributed by atoms with E-state index in [1.807, 2.05) is 24.3 Å². The van der Waals surface area contributed by atoms with Crippen LogP contribution >= 0.6 is 15.9 Å². The van der Waals surface area contributed by atoms with E-state index in [1.165, 1.54) is 16.5 Å². The molecule has 0 radical (unpaired) electrons. The van der Waals surface area contributed by atoms with Crippen molar-refractivity contribution in [3.8, 4) is 0 Å². The topological polar surface area (TPSA) is 22.0 Å². The molecule has 0 bridgehead atoms. The number of aldehydes is 1. The van der Waals surface area contributed by atoms with Crippen LogP contribution in [0.4, 0.5) is 0 Å². The number of para-hydroxylation sites is 1. The van der Waals surface area contributed by atoms with Crippen molar-refractivity contribution >= 4 is 44.3 Å². The Balaban J connectivity index is 1.65. The minimum atomic E-state index is -0.468. The van der Waals surface area contributed by atoms with E-state index in [9.17, 15) is 4.79 Å². The predicted octanol–water partition coefficient (Wildman–Crippen LogP) is 8.55. The molecule has 0 atom stereocenters. The lowest BCUT2D eigenvalue weighted by Crippen LogP contribution is -2.05. The third kappa shape index (κ3) is 4.64. The van der Waals surface area contributed by atoms with Crippen LogP contribution < -0.4 is 0 Å². The van der Waals surface area contributed by atoms with Crippen LogP contribution in [0.1, 0.15) is 35.1 Å². The number of benzene rings is 4. The molecule has 1 fully saturated rings. The van der Waals surface area contributed by atoms with Crippen molar-refractivity contribution in [2.45, 2.75) is 19.4 Å². The Morgan fingerprint density at radius 3 is 2.14 bits per heavy atom. The van der Waals surface area contributed by atoms with Crippen LogP contribution in [0, 0.1) is 5.41 Å². The van der Waals surface area contributed by atoms with E-state index in [4.69, 9.17) is 0 Å². The van der Waals surface area contributed by atoms with E-state index < -0.39 is 5.41 Å². The SMILES string of the molecule is O=CC1(C(=C=C(c2ccc(Br)cc2)c2cn(Cc3ccccc3)c3ccccc23)c2ccccc2)CC1. The maximum absolute atomic E-state index is 12.3. The molecule has 1 aliphatic carbocycles. The van der Waals surface area contributed by atoms with Crippen molar-refractivity contribution in [2.75, 3.05) is 0 Å². The molecular weight excluding hydrogens is 518 g/mol. The summed E-state index contributed by atoms with van der Waals surface area (Å²) in [5.74, 6) is 0. The highest BCUT2D eigenvalue weighted by Crippen LogP contribution is 2.54. The van der Waals surface area contributed by atoms with Crippen LogP contribution in [0.5, 0.6) is 0 Å². The highest BCUT2D eigenvalue weighted by molar-refractivity contribution is 9.10. The zero-order chi connectivity index (χ0) is 25.2. The number of rotatable bonds is 7. The first-order chi connectivity index (χ1) is 18.2. The summed E-state index contributed by atoms with van der Waals surface area (Å²) >= 11 is 3.59. The lowest BCUT2D eigenvalue weighted by molar-refractivity contribution is -0.110.